The number of aromatic nitrogens is 4. The monoisotopic (exact) mass is 468 g/mol. The minimum Gasteiger partial charge on any atom is -0.495 e. The van der Waals surface area contributed by atoms with E-state index in [9.17, 15) is 4.79 Å². The van der Waals surface area contributed by atoms with Crippen LogP contribution in [0.4, 0.5) is 16.2 Å². The number of halogens is 1. The Balaban J connectivity index is 1.49. The molecular formula is C22H21ClN6O2S. The average molecular weight is 469 g/mol. The number of fused-ring (bicyclic) bond motifs is 1. The Morgan fingerprint density at radius 1 is 1.19 bits per heavy atom. The van der Waals surface area contributed by atoms with Crippen molar-refractivity contribution in [3.8, 4) is 5.75 Å². The van der Waals surface area contributed by atoms with Gasteiger partial charge in [-0.05, 0) is 55.8 Å². The lowest BCUT2D eigenvalue weighted by molar-refractivity contribution is 0.262. The first-order valence-corrected chi connectivity index (χ1v) is 11.1. The third-order valence-electron chi connectivity index (χ3n) is 4.77. The minimum absolute atomic E-state index is 0.395. The number of carbonyl (C=O) groups excluding carboxylic acids is 1. The van der Waals surface area contributed by atoms with E-state index in [2.05, 4.69) is 32.6 Å². The van der Waals surface area contributed by atoms with E-state index in [1.54, 1.807) is 34.5 Å². The minimum atomic E-state index is -0.395. The standard InChI is InChI=1S/C22H21ClN6O2S/c1-4-17-13(2)26-21-24-12-25-29(21)20(17)32-16-8-6-15(7-9-16)27-22(30)28-18-11-14(23)5-10-19(18)31-3/h5-12H,4H2,1-3H3,(H2,27,28,30). The molecule has 4 aromatic rings. The number of ether oxygens (including phenoxy) is 1. The van der Waals surface area contributed by atoms with Crippen LogP contribution in [-0.4, -0.2) is 32.7 Å². The first-order chi connectivity index (χ1) is 15.5. The van der Waals surface area contributed by atoms with Crippen LogP contribution in [0.25, 0.3) is 5.78 Å². The van der Waals surface area contributed by atoms with Crippen LogP contribution in [0.2, 0.25) is 5.02 Å². The fraction of sp³-hybridized carbons (Fsp3) is 0.182. The maximum absolute atomic E-state index is 12.4. The van der Waals surface area contributed by atoms with E-state index in [1.165, 1.54) is 13.4 Å². The van der Waals surface area contributed by atoms with Crippen molar-refractivity contribution < 1.29 is 9.53 Å². The molecule has 2 N–H and O–H groups in total. The molecule has 0 aliphatic heterocycles. The van der Waals surface area contributed by atoms with Crippen LogP contribution < -0.4 is 15.4 Å². The zero-order valence-electron chi connectivity index (χ0n) is 17.7. The molecule has 164 valence electrons. The highest BCUT2D eigenvalue weighted by atomic mass is 35.5. The Morgan fingerprint density at radius 3 is 2.69 bits per heavy atom. The Labute approximate surface area is 194 Å². The molecule has 0 spiro atoms. The van der Waals surface area contributed by atoms with Crippen LogP contribution in [0.1, 0.15) is 18.2 Å². The lowest BCUT2D eigenvalue weighted by atomic mass is 10.2. The van der Waals surface area contributed by atoms with Gasteiger partial charge in [-0.25, -0.2) is 9.78 Å². The molecule has 0 saturated heterocycles. The summed E-state index contributed by atoms with van der Waals surface area (Å²) in [6.07, 6.45) is 2.34. The number of benzene rings is 2. The molecule has 0 radical (unpaired) electrons. The largest absolute Gasteiger partial charge is 0.495 e. The maximum atomic E-state index is 12.4. The molecule has 0 aliphatic rings. The van der Waals surface area contributed by atoms with E-state index in [-0.39, 0.29) is 0 Å². The average Bonchev–Trinajstić information content (AvgIpc) is 3.23. The summed E-state index contributed by atoms with van der Waals surface area (Å²) in [4.78, 5) is 22.2. The number of hydrogen-bond acceptors (Lipinski definition) is 6. The third-order valence-corrected chi connectivity index (χ3v) is 6.13. The molecule has 2 amide bonds. The molecule has 0 aliphatic carbocycles. The summed E-state index contributed by atoms with van der Waals surface area (Å²) < 4.78 is 7.01. The van der Waals surface area contributed by atoms with Crippen molar-refractivity contribution in [3.05, 3.63) is 65.1 Å². The maximum Gasteiger partial charge on any atom is 0.323 e. The predicted octanol–water partition coefficient (Wildman–Crippen LogP) is 5.45. The lowest BCUT2D eigenvalue weighted by Gasteiger charge is -2.13. The van der Waals surface area contributed by atoms with Crippen LogP contribution >= 0.6 is 23.4 Å². The van der Waals surface area contributed by atoms with Gasteiger partial charge in [-0.15, -0.1) is 0 Å². The fourth-order valence-electron chi connectivity index (χ4n) is 3.25. The van der Waals surface area contributed by atoms with Gasteiger partial charge in [0.15, 0.2) is 0 Å². The van der Waals surface area contributed by atoms with Gasteiger partial charge in [0, 0.05) is 26.9 Å². The summed E-state index contributed by atoms with van der Waals surface area (Å²) in [7, 11) is 1.53. The van der Waals surface area contributed by atoms with Crippen LogP contribution in [0.3, 0.4) is 0 Å². The van der Waals surface area contributed by atoms with E-state index in [4.69, 9.17) is 16.3 Å². The molecule has 0 atom stereocenters. The number of nitrogens with zero attached hydrogens (tertiary/aromatic N) is 4. The molecular weight excluding hydrogens is 448 g/mol. The van der Waals surface area contributed by atoms with Crippen molar-refractivity contribution in [2.24, 2.45) is 0 Å². The fourth-order valence-corrected chi connectivity index (χ4v) is 4.55. The van der Waals surface area contributed by atoms with Crippen LogP contribution in [0.5, 0.6) is 5.75 Å². The molecule has 8 nitrogen and oxygen atoms in total. The quantitative estimate of drug-likeness (QED) is 0.365. The molecule has 2 aromatic carbocycles. The normalized spacial score (nSPS) is 10.9. The number of anilines is 2. The van der Waals surface area contributed by atoms with Gasteiger partial charge in [0.2, 0.25) is 0 Å². The zero-order chi connectivity index (χ0) is 22.7. The van der Waals surface area contributed by atoms with Crippen molar-refractivity contribution in [3.63, 3.8) is 0 Å². The van der Waals surface area contributed by atoms with Crippen molar-refractivity contribution in [1.29, 1.82) is 0 Å². The summed E-state index contributed by atoms with van der Waals surface area (Å²) in [5.41, 5.74) is 3.22. The topological polar surface area (TPSA) is 93.4 Å². The van der Waals surface area contributed by atoms with Gasteiger partial charge in [0.25, 0.3) is 5.78 Å². The van der Waals surface area contributed by atoms with Gasteiger partial charge in [-0.2, -0.15) is 14.6 Å². The molecule has 10 heteroatoms. The Hall–Kier alpha value is -3.30. The number of rotatable bonds is 6. The van der Waals surface area contributed by atoms with E-state index >= 15 is 0 Å². The van der Waals surface area contributed by atoms with Gasteiger partial charge in [-0.1, -0.05) is 30.3 Å². The number of nitrogens with one attached hydrogen (secondary N) is 2. The van der Waals surface area contributed by atoms with E-state index in [0.717, 1.165) is 27.6 Å². The summed E-state index contributed by atoms with van der Waals surface area (Å²) in [6.45, 7) is 4.08. The molecule has 0 unspecified atom stereocenters. The van der Waals surface area contributed by atoms with Gasteiger partial charge < -0.3 is 15.4 Å². The summed E-state index contributed by atoms with van der Waals surface area (Å²) in [5.74, 6) is 1.10. The highest BCUT2D eigenvalue weighted by Gasteiger charge is 2.15. The molecule has 0 bridgehead atoms. The van der Waals surface area contributed by atoms with E-state index in [0.29, 0.717) is 27.9 Å². The van der Waals surface area contributed by atoms with Crippen LogP contribution in [0, 0.1) is 6.92 Å². The number of urea groups is 1. The lowest BCUT2D eigenvalue weighted by Crippen LogP contribution is -2.19. The summed E-state index contributed by atoms with van der Waals surface area (Å²) >= 11 is 7.60. The molecule has 4 rings (SSSR count). The highest BCUT2D eigenvalue weighted by molar-refractivity contribution is 7.99. The summed E-state index contributed by atoms with van der Waals surface area (Å²) in [5, 5.41) is 11.4. The smallest absolute Gasteiger partial charge is 0.323 e. The second-order valence-electron chi connectivity index (χ2n) is 6.86. The number of aryl methyl sites for hydroxylation is 1. The second-order valence-corrected chi connectivity index (χ2v) is 8.36. The first-order valence-electron chi connectivity index (χ1n) is 9.87. The number of hydrogen-bond donors (Lipinski definition) is 2. The van der Waals surface area contributed by atoms with E-state index in [1.807, 2.05) is 31.2 Å². The predicted molar refractivity (Wildman–Crippen MR) is 126 cm³/mol. The Bertz CT molecular complexity index is 1280. The Morgan fingerprint density at radius 2 is 1.97 bits per heavy atom. The van der Waals surface area contributed by atoms with Crippen molar-refractivity contribution >= 4 is 46.5 Å². The molecule has 2 aromatic heterocycles. The molecule has 0 fully saturated rings. The van der Waals surface area contributed by atoms with Gasteiger partial charge in [0.1, 0.15) is 17.1 Å². The first kappa shape index (κ1) is 21.9. The second kappa shape index (κ2) is 9.46. The van der Waals surface area contributed by atoms with Crippen LogP contribution in [0.15, 0.2) is 58.7 Å². The van der Waals surface area contributed by atoms with Gasteiger partial charge in [-0.3, -0.25) is 0 Å². The van der Waals surface area contributed by atoms with Crippen molar-refractivity contribution in [2.75, 3.05) is 17.7 Å². The number of amides is 2. The van der Waals surface area contributed by atoms with Crippen molar-refractivity contribution in [1.82, 2.24) is 19.6 Å². The Kier molecular flexibility index (Phi) is 6.48. The SMILES string of the molecule is CCc1c(C)nc2ncnn2c1Sc1ccc(NC(=O)Nc2cc(Cl)ccc2OC)cc1. The zero-order valence-corrected chi connectivity index (χ0v) is 19.3. The number of methoxy groups -OCH3 is 1. The molecule has 0 saturated carbocycles. The highest BCUT2D eigenvalue weighted by Crippen LogP contribution is 2.33. The molecule has 2 heterocycles. The van der Waals surface area contributed by atoms with E-state index < -0.39 is 6.03 Å². The molecule has 32 heavy (non-hydrogen) atoms. The van der Waals surface area contributed by atoms with Crippen molar-refractivity contribution in [2.45, 2.75) is 30.2 Å². The van der Waals surface area contributed by atoms with Gasteiger partial charge in [0.05, 0.1) is 12.8 Å². The number of carbonyl (C=O) groups is 1. The third kappa shape index (κ3) is 4.63. The van der Waals surface area contributed by atoms with Crippen LogP contribution in [-0.2, 0) is 6.42 Å². The summed E-state index contributed by atoms with van der Waals surface area (Å²) in [6, 6.07) is 12.2. The van der Waals surface area contributed by atoms with Gasteiger partial charge >= 0.3 is 6.03 Å².